The second-order valence-electron chi connectivity index (χ2n) is 10.4. The van der Waals surface area contributed by atoms with Crippen LogP contribution in [0.5, 0.6) is 0 Å². The summed E-state index contributed by atoms with van der Waals surface area (Å²) < 4.78 is 0. The van der Waals surface area contributed by atoms with E-state index in [9.17, 15) is 9.59 Å². The molecule has 6 aliphatic rings. The average molecular weight is 419 g/mol. The van der Waals surface area contributed by atoms with Gasteiger partial charge in [-0.3, -0.25) is 19.4 Å². The number of nitrogens with zero attached hydrogens (tertiary/aromatic N) is 2. The second kappa shape index (κ2) is 7.79. The summed E-state index contributed by atoms with van der Waals surface area (Å²) in [5.41, 5.74) is 3.59. The maximum absolute atomic E-state index is 13.7. The zero-order valence-corrected chi connectivity index (χ0v) is 18.5. The van der Waals surface area contributed by atoms with Gasteiger partial charge in [0.25, 0.3) is 11.8 Å². The summed E-state index contributed by atoms with van der Waals surface area (Å²) in [7, 11) is 0. The molecule has 4 heterocycles. The third kappa shape index (κ3) is 3.01. The average Bonchev–Trinajstić information content (AvgIpc) is 3.25. The molecule has 0 bridgehead atoms. The number of rotatable bonds is 0. The van der Waals surface area contributed by atoms with Crippen LogP contribution in [-0.2, 0) is 9.59 Å². The zero-order chi connectivity index (χ0) is 20.9. The van der Waals surface area contributed by atoms with Gasteiger partial charge in [-0.25, -0.2) is 0 Å². The predicted molar refractivity (Wildman–Crippen MR) is 120 cm³/mol. The summed E-state index contributed by atoms with van der Waals surface area (Å²) in [5.74, 6) is 1.66. The van der Waals surface area contributed by atoms with Crippen LogP contribution in [0, 0.1) is 23.7 Å². The van der Waals surface area contributed by atoms with Crippen molar-refractivity contribution in [2.75, 3.05) is 0 Å². The van der Waals surface area contributed by atoms with Gasteiger partial charge in [-0.15, -0.1) is 0 Å². The maximum Gasteiger partial charge on any atom is 0.264 e. The number of carbonyl (C=O) groups excluding carboxylic acids is 2. The molecule has 0 N–H and O–H groups in total. The highest BCUT2D eigenvalue weighted by Crippen LogP contribution is 2.52. The Kier molecular flexibility index (Phi) is 4.92. The summed E-state index contributed by atoms with van der Waals surface area (Å²) in [6, 6.07) is 0. The molecule has 0 aromatic heterocycles. The van der Waals surface area contributed by atoms with E-state index in [2.05, 4.69) is 12.2 Å². The molecule has 0 saturated heterocycles. The molecule has 2 fully saturated rings. The number of hydrogen-bond acceptors (Lipinski definition) is 2. The van der Waals surface area contributed by atoms with E-state index >= 15 is 0 Å². The van der Waals surface area contributed by atoms with Gasteiger partial charge < -0.3 is 0 Å². The molecule has 4 atom stereocenters. The number of carbonyl (C=O) groups is 2. The summed E-state index contributed by atoms with van der Waals surface area (Å²) in [6.45, 7) is 0. The van der Waals surface area contributed by atoms with E-state index in [1.54, 1.807) is 0 Å². The van der Waals surface area contributed by atoms with Gasteiger partial charge in [0.05, 0.1) is 11.1 Å². The van der Waals surface area contributed by atoms with Crippen molar-refractivity contribution in [1.29, 1.82) is 0 Å². The van der Waals surface area contributed by atoms with E-state index in [4.69, 9.17) is 0 Å². The first-order valence-electron chi connectivity index (χ1n) is 12.8. The number of allylic oxidation sites excluding steroid dienone is 4. The van der Waals surface area contributed by atoms with Crippen LogP contribution in [0.1, 0.15) is 83.5 Å². The molecule has 0 spiro atoms. The molecule has 164 valence electrons. The molecule has 31 heavy (non-hydrogen) atoms. The minimum Gasteiger partial charge on any atom is -0.287 e. The van der Waals surface area contributed by atoms with Crippen LogP contribution in [0.25, 0.3) is 0 Å². The summed E-state index contributed by atoms with van der Waals surface area (Å²) in [4.78, 5) is 31.2. The molecule has 0 aromatic rings. The zero-order valence-electron chi connectivity index (χ0n) is 18.5. The number of amides is 2. The Morgan fingerprint density at radius 1 is 0.548 bits per heavy atom. The van der Waals surface area contributed by atoms with Crippen LogP contribution in [0.3, 0.4) is 0 Å². The molecule has 2 aliphatic carbocycles. The van der Waals surface area contributed by atoms with Gasteiger partial charge in [0.2, 0.25) is 0 Å². The van der Waals surface area contributed by atoms with Crippen LogP contribution >= 0.6 is 0 Å². The molecule has 4 nitrogen and oxygen atoms in total. The predicted octanol–water partition coefficient (Wildman–Crippen LogP) is 5.80. The van der Waals surface area contributed by atoms with E-state index in [1.165, 1.54) is 70.6 Å². The maximum atomic E-state index is 13.7. The van der Waals surface area contributed by atoms with Crippen LogP contribution in [-0.4, -0.2) is 21.6 Å². The lowest BCUT2D eigenvalue weighted by atomic mass is 9.77. The van der Waals surface area contributed by atoms with Crippen LogP contribution in [0.4, 0.5) is 0 Å². The molecule has 2 amide bonds. The van der Waals surface area contributed by atoms with E-state index in [-0.39, 0.29) is 11.8 Å². The van der Waals surface area contributed by atoms with Crippen LogP contribution in [0.15, 0.2) is 47.1 Å². The smallest absolute Gasteiger partial charge is 0.264 e. The fourth-order valence-electron chi connectivity index (χ4n) is 7.15. The van der Waals surface area contributed by atoms with Gasteiger partial charge in [-0.2, -0.15) is 0 Å². The Bertz CT molecular complexity index is 924. The Labute approximate surface area is 185 Å². The summed E-state index contributed by atoms with van der Waals surface area (Å²) in [6.07, 6.45) is 24.4. The molecule has 6 rings (SSSR count). The number of fused-ring (bicyclic) bond motifs is 7. The fraction of sp³-hybridized carbons (Fsp3) is 0.630. The SMILES string of the molecule is O=C1C2=C3C4CCCCCCC4C=CN3C(=O)C2=C2C3CCCCCCCC3C=CN12. The molecular weight excluding hydrogens is 384 g/mol. The Hall–Kier alpha value is -2.10. The number of hydrogen-bond donors (Lipinski definition) is 0. The minimum atomic E-state index is 0.0570. The lowest BCUT2D eigenvalue weighted by Crippen LogP contribution is -2.36. The normalized spacial score (nSPS) is 35.5. The van der Waals surface area contributed by atoms with Crippen molar-refractivity contribution in [2.45, 2.75) is 83.5 Å². The first kappa shape index (κ1) is 19.6. The van der Waals surface area contributed by atoms with Crippen molar-refractivity contribution >= 4 is 11.8 Å². The molecule has 0 radical (unpaired) electrons. The van der Waals surface area contributed by atoms with E-state index in [0.29, 0.717) is 23.7 Å². The minimum absolute atomic E-state index is 0.0570. The molecule has 4 heteroatoms. The Balaban J connectivity index is 1.47. The standard InChI is InChI=1S/C27H34N2O2/c30-26-22-23(25-21-13-9-5-4-7-11-19(21)15-17-29(25)26)27(31)28-16-14-18-10-6-2-1-3-8-12-20(18)24(22)28/h14-21H,1-13H2. The molecular formula is C27H34N2O2. The van der Waals surface area contributed by atoms with E-state index in [1.807, 2.05) is 22.2 Å². The van der Waals surface area contributed by atoms with Gasteiger partial charge in [0.1, 0.15) is 0 Å². The second-order valence-corrected chi connectivity index (χ2v) is 10.4. The van der Waals surface area contributed by atoms with Crippen molar-refractivity contribution < 1.29 is 9.59 Å². The highest BCUT2D eigenvalue weighted by Gasteiger charge is 2.53. The third-order valence-corrected chi connectivity index (χ3v) is 8.70. The first-order valence-corrected chi connectivity index (χ1v) is 12.8. The monoisotopic (exact) mass is 418 g/mol. The highest BCUT2D eigenvalue weighted by atomic mass is 16.2. The lowest BCUT2D eigenvalue weighted by Gasteiger charge is -2.37. The van der Waals surface area contributed by atoms with Gasteiger partial charge in [-0.05, 0) is 37.5 Å². The molecule has 0 aromatic carbocycles. The van der Waals surface area contributed by atoms with Gasteiger partial charge in [-0.1, -0.05) is 69.9 Å². The van der Waals surface area contributed by atoms with Crippen molar-refractivity contribution in [2.24, 2.45) is 23.7 Å². The van der Waals surface area contributed by atoms with E-state index in [0.717, 1.165) is 35.4 Å². The van der Waals surface area contributed by atoms with Crippen molar-refractivity contribution in [1.82, 2.24) is 9.80 Å². The molecule has 2 saturated carbocycles. The first-order chi connectivity index (χ1) is 15.3. The van der Waals surface area contributed by atoms with E-state index < -0.39 is 0 Å². The quantitative estimate of drug-likeness (QED) is 0.499. The van der Waals surface area contributed by atoms with Crippen LogP contribution < -0.4 is 0 Å². The van der Waals surface area contributed by atoms with Crippen molar-refractivity contribution in [3.8, 4) is 0 Å². The van der Waals surface area contributed by atoms with Gasteiger partial charge in [0, 0.05) is 35.6 Å². The third-order valence-electron chi connectivity index (χ3n) is 8.70. The topological polar surface area (TPSA) is 40.6 Å². The fourth-order valence-corrected chi connectivity index (χ4v) is 7.15. The summed E-state index contributed by atoms with van der Waals surface area (Å²) in [5, 5.41) is 0. The highest BCUT2D eigenvalue weighted by molar-refractivity contribution is 6.20. The van der Waals surface area contributed by atoms with Crippen LogP contribution in [0.2, 0.25) is 0 Å². The summed E-state index contributed by atoms with van der Waals surface area (Å²) >= 11 is 0. The lowest BCUT2D eigenvalue weighted by molar-refractivity contribution is -0.123. The van der Waals surface area contributed by atoms with Gasteiger partial charge >= 0.3 is 0 Å². The Morgan fingerprint density at radius 2 is 0.935 bits per heavy atom. The largest absolute Gasteiger partial charge is 0.287 e. The molecule has 4 unspecified atom stereocenters. The van der Waals surface area contributed by atoms with Crippen molar-refractivity contribution in [3.63, 3.8) is 0 Å². The van der Waals surface area contributed by atoms with Gasteiger partial charge in [0.15, 0.2) is 0 Å². The van der Waals surface area contributed by atoms with Crippen molar-refractivity contribution in [3.05, 3.63) is 47.1 Å². The molecule has 4 aliphatic heterocycles. The Morgan fingerprint density at radius 3 is 1.39 bits per heavy atom.